The van der Waals surface area contributed by atoms with Crippen molar-refractivity contribution in [2.24, 2.45) is 0 Å². The SMILES string of the molecule is Fc1cc(Cl)ccc1CNc1ccc(CCl)cc1. The Bertz CT molecular complexity index is 526. The molecule has 0 heterocycles. The summed E-state index contributed by atoms with van der Waals surface area (Å²) in [5, 5.41) is 3.55. The Morgan fingerprint density at radius 3 is 2.39 bits per heavy atom. The van der Waals surface area contributed by atoms with E-state index in [4.69, 9.17) is 23.2 Å². The van der Waals surface area contributed by atoms with Crippen LogP contribution >= 0.6 is 23.2 Å². The topological polar surface area (TPSA) is 12.0 Å². The van der Waals surface area contributed by atoms with Gasteiger partial charge in [-0.1, -0.05) is 29.8 Å². The molecule has 0 aliphatic rings. The lowest BCUT2D eigenvalue weighted by atomic mass is 10.2. The second-order valence-corrected chi connectivity index (χ2v) is 4.62. The summed E-state index contributed by atoms with van der Waals surface area (Å²) < 4.78 is 13.5. The molecule has 4 heteroatoms. The minimum Gasteiger partial charge on any atom is -0.381 e. The highest BCUT2D eigenvalue weighted by atomic mass is 35.5. The zero-order chi connectivity index (χ0) is 13.0. The van der Waals surface area contributed by atoms with Crippen molar-refractivity contribution < 1.29 is 4.39 Å². The highest BCUT2D eigenvalue weighted by molar-refractivity contribution is 6.30. The minimum absolute atomic E-state index is 0.299. The quantitative estimate of drug-likeness (QED) is 0.793. The highest BCUT2D eigenvalue weighted by Crippen LogP contribution is 2.17. The number of hydrogen-bond acceptors (Lipinski definition) is 1. The molecule has 1 N–H and O–H groups in total. The van der Waals surface area contributed by atoms with E-state index in [-0.39, 0.29) is 5.82 Å². The maximum absolute atomic E-state index is 13.5. The standard InChI is InChI=1S/C14H12Cl2FN/c15-8-10-1-5-13(6-2-10)18-9-11-3-4-12(16)7-14(11)17/h1-7,18H,8-9H2. The molecule has 18 heavy (non-hydrogen) atoms. The Labute approximate surface area is 116 Å². The van der Waals surface area contributed by atoms with Crippen molar-refractivity contribution in [2.75, 3.05) is 5.32 Å². The first-order valence-corrected chi connectivity index (χ1v) is 6.43. The van der Waals surface area contributed by atoms with Gasteiger partial charge in [0.05, 0.1) is 0 Å². The van der Waals surface area contributed by atoms with Gasteiger partial charge in [-0.25, -0.2) is 4.39 Å². The molecule has 0 fully saturated rings. The molecule has 0 saturated heterocycles. The van der Waals surface area contributed by atoms with E-state index in [0.717, 1.165) is 11.3 Å². The summed E-state index contributed by atoms with van der Waals surface area (Å²) in [6.07, 6.45) is 0. The Morgan fingerprint density at radius 2 is 1.78 bits per heavy atom. The van der Waals surface area contributed by atoms with E-state index < -0.39 is 0 Å². The Kier molecular flexibility index (Phi) is 4.45. The fourth-order valence-electron chi connectivity index (χ4n) is 1.57. The van der Waals surface area contributed by atoms with Gasteiger partial charge in [-0.2, -0.15) is 0 Å². The molecule has 0 bridgehead atoms. The van der Waals surface area contributed by atoms with Crippen molar-refractivity contribution in [3.8, 4) is 0 Å². The van der Waals surface area contributed by atoms with Crippen LogP contribution in [0.5, 0.6) is 0 Å². The molecule has 2 rings (SSSR count). The molecule has 0 aromatic heterocycles. The largest absolute Gasteiger partial charge is 0.381 e. The van der Waals surface area contributed by atoms with E-state index in [1.807, 2.05) is 24.3 Å². The molecule has 94 valence electrons. The van der Waals surface area contributed by atoms with Crippen LogP contribution < -0.4 is 5.32 Å². The number of alkyl halides is 1. The molecule has 0 amide bonds. The summed E-state index contributed by atoms with van der Waals surface area (Å²) in [6.45, 7) is 0.420. The van der Waals surface area contributed by atoms with Gasteiger partial charge < -0.3 is 5.32 Å². The van der Waals surface area contributed by atoms with Gasteiger partial charge in [0.1, 0.15) is 5.82 Å². The van der Waals surface area contributed by atoms with Crippen LogP contribution in [0.25, 0.3) is 0 Å². The fourth-order valence-corrected chi connectivity index (χ4v) is 1.91. The molecule has 2 aromatic carbocycles. The summed E-state index contributed by atoms with van der Waals surface area (Å²) in [4.78, 5) is 0. The van der Waals surface area contributed by atoms with E-state index in [1.165, 1.54) is 6.07 Å². The van der Waals surface area contributed by atoms with Crippen molar-refractivity contribution in [2.45, 2.75) is 12.4 Å². The molecule has 0 aliphatic carbocycles. The van der Waals surface area contributed by atoms with Crippen molar-refractivity contribution >= 4 is 28.9 Å². The lowest BCUT2D eigenvalue weighted by Crippen LogP contribution is -2.01. The Hall–Kier alpha value is -1.25. The molecular weight excluding hydrogens is 272 g/mol. The highest BCUT2D eigenvalue weighted by Gasteiger charge is 2.02. The average molecular weight is 284 g/mol. The van der Waals surface area contributed by atoms with E-state index in [1.54, 1.807) is 12.1 Å². The van der Waals surface area contributed by atoms with Gasteiger partial charge in [0.2, 0.25) is 0 Å². The third-order valence-corrected chi connectivity index (χ3v) is 3.15. The van der Waals surface area contributed by atoms with E-state index in [9.17, 15) is 4.39 Å². The van der Waals surface area contributed by atoms with Gasteiger partial charge in [-0.3, -0.25) is 0 Å². The zero-order valence-corrected chi connectivity index (χ0v) is 11.1. The molecule has 0 atom stereocenters. The average Bonchev–Trinajstić information content (AvgIpc) is 2.38. The van der Waals surface area contributed by atoms with Crippen molar-refractivity contribution in [1.29, 1.82) is 0 Å². The first-order valence-electron chi connectivity index (χ1n) is 5.52. The summed E-state index contributed by atoms with van der Waals surface area (Å²) in [5.41, 5.74) is 2.57. The summed E-state index contributed by atoms with van der Waals surface area (Å²) in [5.74, 6) is 0.193. The van der Waals surface area contributed by atoms with Crippen LogP contribution in [0, 0.1) is 5.82 Å². The number of benzene rings is 2. The van der Waals surface area contributed by atoms with E-state index in [0.29, 0.717) is 23.0 Å². The molecule has 1 nitrogen and oxygen atoms in total. The molecular formula is C14H12Cl2FN. The summed E-state index contributed by atoms with van der Waals surface area (Å²) in [7, 11) is 0. The van der Waals surface area contributed by atoms with Crippen LogP contribution in [0.1, 0.15) is 11.1 Å². The number of rotatable bonds is 4. The minimum atomic E-state index is -0.299. The van der Waals surface area contributed by atoms with Gasteiger partial charge in [0.25, 0.3) is 0 Å². The van der Waals surface area contributed by atoms with E-state index >= 15 is 0 Å². The second kappa shape index (κ2) is 6.07. The lowest BCUT2D eigenvalue weighted by molar-refractivity contribution is 0.613. The van der Waals surface area contributed by atoms with Gasteiger partial charge in [-0.15, -0.1) is 11.6 Å². The van der Waals surface area contributed by atoms with Crippen LogP contribution in [0.4, 0.5) is 10.1 Å². The lowest BCUT2D eigenvalue weighted by Gasteiger charge is -2.08. The van der Waals surface area contributed by atoms with Crippen LogP contribution in [-0.4, -0.2) is 0 Å². The summed E-state index contributed by atoms with van der Waals surface area (Å²) in [6, 6.07) is 12.4. The predicted octanol–water partition coefficient (Wildman–Crippen LogP) is 4.83. The van der Waals surface area contributed by atoms with Gasteiger partial charge in [-0.05, 0) is 29.8 Å². The Balaban J connectivity index is 2.02. The fraction of sp³-hybridized carbons (Fsp3) is 0.143. The number of nitrogens with one attached hydrogen (secondary N) is 1. The molecule has 2 aromatic rings. The third kappa shape index (κ3) is 3.37. The van der Waals surface area contributed by atoms with Crippen LogP contribution in [0.15, 0.2) is 42.5 Å². The number of halogens is 3. The number of anilines is 1. The van der Waals surface area contributed by atoms with Crippen LogP contribution in [0.2, 0.25) is 5.02 Å². The van der Waals surface area contributed by atoms with Crippen molar-refractivity contribution in [1.82, 2.24) is 0 Å². The van der Waals surface area contributed by atoms with E-state index in [2.05, 4.69) is 5.32 Å². The zero-order valence-electron chi connectivity index (χ0n) is 9.59. The maximum atomic E-state index is 13.5. The first-order chi connectivity index (χ1) is 8.69. The first kappa shape index (κ1) is 13.2. The van der Waals surface area contributed by atoms with Crippen LogP contribution in [-0.2, 0) is 12.4 Å². The maximum Gasteiger partial charge on any atom is 0.129 e. The molecule has 0 saturated carbocycles. The van der Waals surface area contributed by atoms with Gasteiger partial charge >= 0.3 is 0 Å². The molecule has 0 unspecified atom stereocenters. The number of hydrogen-bond donors (Lipinski definition) is 1. The van der Waals surface area contributed by atoms with Gasteiger partial charge in [0, 0.05) is 28.7 Å². The van der Waals surface area contributed by atoms with Crippen molar-refractivity contribution in [3.63, 3.8) is 0 Å². The molecule has 0 spiro atoms. The van der Waals surface area contributed by atoms with Gasteiger partial charge in [0.15, 0.2) is 0 Å². The van der Waals surface area contributed by atoms with Crippen molar-refractivity contribution in [3.05, 3.63) is 64.4 Å². The normalized spacial score (nSPS) is 10.4. The smallest absolute Gasteiger partial charge is 0.129 e. The second-order valence-electron chi connectivity index (χ2n) is 3.92. The molecule has 0 aliphatic heterocycles. The summed E-state index contributed by atoms with van der Waals surface area (Å²) >= 11 is 11.4. The van der Waals surface area contributed by atoms with Crippen LogP contribution in [0.3, 0.4) is 0 Å². The third-order valence-electron chi connectivity index (χ3n) is 2.61. The predicted molar refractivity (Wildman–Crippen MR) is 74.7 cm³/mol. The molecule has 0 radical (unpaired) electrons. The monoisotopic (exact) mass is 283 g/mol. The Morgan fingerprint density at radius 1 is 1.06 bits per heavy atom.